The van der Waals surface area contributed by atoms with Crippen molar-refractivity contribution in [2.75, 3.05) is 26.0 Å². The maximum absolute atomic E-state index is 4.45. The van der Waals surface area contributed by atoms with Crippen molar-refractivity contribution in [1.82, 2.24) is 9.88 Å². The average molecular weight is 235 g/mol. The normalized spacial score (nSPS) is 13.8. The molecule has 0 fully saturated rings. The van der Waals surface area contributed by atoms with Crippen LogP contribution in [0, 0.1) is 0 Å². The Kier molecular flexibility index (Phi) is 4.52. The smallest absolute Gasteiger partial charge is 0.125 e. The molecule has 17 heavy (non-hydrogen) atoms. The number of hydrogen-bond acceptors (Lipinski definition) is 3. The molecule has 0 saturated carbocycles. The summed E-state index contributed by atoms with van der Waals surface area (Å²) in [6, 6.07) is 4.71. The van der Waals surface area contributed by atoms with Crippen LogP contribution in [0.1, 0.15) is 33.3 Å². The zero-order valence-electron chi connectivity index (χ0n) is 11.9. The SMILES string of the molecule is CC(CNc1ccc(C(C)(C)C)cn1)N(C)C. The van der Waals surface area contributed by atoms with Crippen LogP contribution in [0.2, 0.25) is 0 Å². The minimum Gasteiger partial charge on any atom is -0.369 e. The second-order valence-electron chi connectivity index (χ2n) is 5.88. The number of likely N-dealkylation sites (N-methyl/N-ethyl adjacent to an activating group) is 1. The summed E-state index contributed by atoms with van der Waals surface area (Å²) in [6.45, 7) is 9.70. The first-order valence-electron chi connectivity index (χ1n) is 6.17. The molecule has 3 heteroatoms. The van der Waals surface area contributed by atoms with E-state index in [1.165, 1.54) is 5.56 Å². The number of hydrogen-bond donors (Lipinski definition) is 1. The first-order valence-corrected chi connectivity index (χ1v) is 6.17. The molecule has 1 heterocycles. The van der Waals surface area contributed by atoms with Crippen LogP contribution >= 0.6 is 0 Å². The fourth-order valence-corrected chi connectivity index (χ4v) is 1.38. The van der Waals surface area contributed by atoms with Gasteiger partial charge in [-0.15, -0.1) is 0 Å². The highest BCUT2D eigenvalue weighted by Gasteiger charge is 2.13. The molecule has 1 N–H and O–H groups in total. The molecule has 0 bridgehead atoms. The Morgan fingerprint density at radius 2 is 1.94 bits per heavy atom. The fourth-order valence-electron chi connectivity index (χ4n) is 1.38. The van der Waals surface area contributed by atoms with Crippen LogP contribution < -0.4 is 5.32 Å². The number of nitrogens with zero attached hydrogens (tertiary/aromatic N) is 2. The predicted octanol–water partition coefficient (Wildman–Crippen LogP) is 2.74. The summed E-state index contributed by atoms with van der Waals surface area (Å²) in [5, 5.41) is 3.35. The van der Waals surface area contributed by atoms with Crippen LogP contribution in [0.3, 0.4) is 0 Å². The van der Waals surface area contributed by atoms with E-state index in [1.807, 2.05) is 6.20 Å². The van der Waals surface area contributed by atoms with Crippen molar-refractivity contribution >= 4 is 5.82 Å². The van der Waals surface area contributed by atoms with E-state index in [4.69, 9.17) is 0 Å². The summed E-state index contributed by atoms with van der Waals surface area (Å²) in [5.41, 5.74) is 1.44. The molecule has 0 aliphatic rings. The molecular weight excluding hydrogens is 210 g/mol. The van der Waals surface area contributed by atoms with Gasteiger partial charge in [-0.05, 0) is 38.1 Å². The molecule has 0 aliphatic heterocycles. The van der Waals surface area contributed by atoms with Gasteiger partial charge in [0, 0.05) is 18.8 Å². The van der Waals surface area contributed by atoms with Crippen molar-refractivity contribution in [2.45, 2.75) is 39.2 Å². The second kappa shape index (κ2) is 5.50. The van der Waals surface area contributed by atoms with E-state index in [1.54, 1.807) is 0 Å². The summed E-state index contributed by atoms with van der Waals surface area (Å²) in [7, 11) is 4.17. The van der Waals surface area contributed by atoms with Gasteiger partial charge in [-0.25, -0.2) is 4.98 Å². The van der Waals surface area contributed by atoms with E-state index in [9.17, 15) is 0 Å². The highest BCUT2D eigenvalue weighted by molar-refractivity contribution is 5.37. The van der Waals surface area contributed by atoms with E-state index in [0.29, 0.717) is 6.04 Å². The quantitative estimate of drug-likeness (QED) is 0.870. The van der Waals surface area contributed by atoms with Crippen LogP contribution in [-0.4, -0.2) is 36.6 Å². The third-order valence-electron chi connectivity index (χ3n) is 3.09. The van der Waals surface area contributed by atoms with Crippen LogP contribution in [0.15, 0.2) is 18.3 Å². The predicted molar refractivity (Wildman–Crippen MR) is 74.6 cm³/mol. The van der Waals surface area contributed by atoms with Gasteiger partial charge >= 0.3 is 0 Å². The van der Waals surface area contributed by atoms with Crippen molar-refractivity contribution in [1.29, 1.82) is 0 Å². The lowest BCUT2D eigenvalue weighted by Crippen LogP contribution is -2.31. The first-order chi connectivity index (χ1) is 7.80. The number of anilines is 1. The van der Waals surface area contributed by atoms with Crippen molar-refractivity contribution in [3.05, 3.63) is 23.9 Å². The van der Waals surface area contributed by atoms with Crippen LogP contribution in [-0.2, 0) is 5.41 Å². The van der Waals surface area contributed by atoms with E-state index in [2.05, 4.69) is 69.1 Å². The minimum atomic E-state index is 0.169. The molecule has 0 saturated heterocycles. The molecule has 96 valence electrons. The first kappa shape index (κ1) is 14.0. The molecule has 0 aromatic carbocycles. The van der Waals surface area contributed by atoms with Crippen molar-refractivity contribution in [3.8, 4) is 0 Å². The molecule has 1 aromatic heterocycles. The lowest BCUT2D eigenvalue weighted by Gasteiger charge is -2.21. The molecule has 0 aliphatic carbocycles. The van der Waals surface area contributed by atoms with Crippen LogP contribution in [0.4, 0.5) is 5.82 Å². The standard InChI is InChI=1S/C14H25N3/c1-11(17(5)6)9-15-13-8-7-12(10-16-13)14(2,3)4/h7-8,10-11H,9H2,1-6H3,(H,15,16). The Morgan fingerprint density at radius 1 is 1.29 bits per heavy atom. The molecule has 0 spiro atoms. The van der Waals surface area contributed by atoms with Gasteiger partial charge in [0.15, 0.2) is 0 Å². The summed E-state index contributed by atoms with van der Waals surface area (Å²) in [4.78, 5) is 6.64. The lowest BCUT2D eigenvalue weighted by molar-refractivity contribution is 0.326. The van der Waals surface area contributed by atoms with E-state index >= 15 is 0 Å². The largest absolute Gasteiger partial charge is 0.369 e. The third kappa shape index (κ3) is 4.35. The summed E-state index contributed by atoms with van der Waals surface area (Å²) >= 11 is 0. The molecule has 0 amide bonds. The number of aromatic nitrogens is 1. The van der Waals surface area contributed by atoms with Crippen molar-refractivity contribution in [3.63, 3.8) is 0 Å². The van der Waals surface area contributed by atoms with E-state index < -0.39 is 0 Å². The molecule has 1 rings (SSSR count). The summed E-state index contributed by atoms with van der Waals surface area (Å²) in [5.74, 6) is 0.951. The van der Waals surface area contributed by atoms with Gasteiger partial charge in [0.2, 0.25) is 0 Å². The monoisotopic (exact) mass is 235 g/mol. The minimum absolute atomic E-state index is 0.169. The fraction of sp³-hybridized carbons (Fsp3) is 0.643. The second-order valence-corrected chi connectivity index (χ2v) is 5.88. The molecule has 0 radical (unpaired) electrons. The summed E-state index contributed by atoms with van der Waals surface area (Å²) < 4.78 is 0. The highest BCUT2D eigenvalue weighted by Crippen LogP contribution is 2.21. The number of pyridine rings is 1. The molecule has 1 unspecified atom stereocenters. The number of rotatable bonds is 4. The zero-order valence-corrected chi connectivity index (χ0v) is 11.9. The molecule has 3 nitrogen and oxygen atoms in total. The van der Waals surface area contributed by atoms with Gasteiger partial charge < -0.3 is 10.2 Å². The maximum atomic E-state index is 4.45. The van der Waals surface area contributed by atoms with Crippen LogP contribution in [0.25, 0.3) is 0 Å². The number of nitrogens with one attached hydrogen (secondary N) is 1. The molecule has 1 aromatic rings. The Bertz CT molecular complexity index is 335. The maximum Gasteiger partial charge on any atom is 0.125 e. The van der Waals surface area contributed by atoms with Gasteiger partial charge in [0.1, 0.15) is 5.82 Å². The topological polar surface area (TPSA) is 28.2 Å². The van der Waals surface area contributed by atoms with Gasteiger partial charge in [-0.2, -0.15) is 0 Å². The summed E-state index contributed by atoms with van der Waals surface area (Å²) in [6.07, 6.45) is 1.96. The third-order valence-corrected chi connectivity index (χ3v) is 3.09. The van der Waals surface area contributed by atoms with Gasteiger partial charge in [-0.3, -0.25) is 0 Å². The molecule has 1 atom stereocenters. The van der Waals surface area contributed by atoms with Crippen molar-refractivity contribution in [2.24, 2.45) is 0 Å². The van der Waals surface area contributed by atoms with Gasteiger partial charge in [0.25, 0.3) is 0 Å². The Balaban J connectivity index is 2.57. The highest BCUT2D eigenvalue weighted by atomic mass is 15.1. The molecular formula is C14H25N3. The Labute approximate surface area is 105 Å². The van der Waals surface area contributed by atoms with Gasteiger partial charge in [-0.1, -0.05) is 26.8 Å². The van der Waals surface area contributed by atoms with Gasteiger partial charge in [0.05, 0.1) is 0 Å². The Hall–Kier alpha value is -1.09. The average Bonchev–Trinajstić information content (AvgIpc) is 2.25. The Morgan fingerprint density at radius 3 is 2.35 bits per heavy atom. The van der Waals surface area contributed by atoms with E-state index in [0.717, 1.165) is 12.4 Å². The lowest BCUT2D eigenvalue weighted by atomic mass is 9.88. The van der Waals surface area contributed by atoms with Crippen molar-refractivity contribution < 1.29 is 0 Å². The zero-order chi connectivity index (χ0) is 13.1. The van der Waals surface area contributed by atoms with Crippen LogP contribution in [0.5, 0.6) is 0 Å². The van der Waals surface area contributed by atoms with E-state index in [-0.39, 0.29) is 5.41 Å².